The molecule has 28 heavy (non-hydrogen) atoms. The van der Waals surface area contributed by atoms with E-state index in [9.17, 15) is 9.59 Å². The number of nitrogens with one attached hydrogen (secondary N) is 1. The molecule has 3 rings (SSSR count). The van der Waals surface area contributed by atoms with Gasteiger partial charge in [0.15, 0.2) is 11.5 Å². The van der Waals surface area contributed by atoms with E-state index in [-0.39, 0.29) is 18.4 Å². The van der Waals surface area contributed by atoms with Crippen molar-refractivity contribution in [2.45, 2.75) is 26.7 Å². The van der Waals surface area contributed by atoms with Crippen LogP contribution in [0.15, 0.2) is 42.5 Å². The Morgan fingerprint density at radius 2 is 1.71 bits per heavy atom. The second-order valence-corrected chi connectivity index (χ2v) is 6.67. The highest BCUT2D eigenvalue weighted by Crippen LogP contribution is 2.32. The minimum atomic E-state index is -0.255. The minimum absolute atomic E-state index is 0.0134. The third-order valence-corrected chi connectivity index (χ3v) is 4.57. The van der Waals surface area contributed by atoms with Gasteiger partial charge in [0.25, 0.3) is 5.91 Å². The maximum Gasteiger partial charge on any atom is 0.254 e. The molecule has 0 fully saturated rings. The van der Waals surface area contributed by atoms with Crippen molar-refractivity contribution in [3.63, 3.8) is 0 Å². The fourth-order valence-corrected chi connectivity index (χ4v) is 3.11. The van der Waals surface area contributed by atoms with E-state index in [1.165, 1.54) is 10.5 Å². The van der Waals surface area contributed by atoms with Crippen molar-refractivity contribution in [3.8, 4) is 11.5 Å². The van der Waals surface area contributed by atoms with Gasteiger partial charge in [-0.05, 0) is 43.2 Å². The molecule has 1 aliphatic heterocycles. The summed E-state index contributed by atoms with van der Waals surface area (Å²) >= 11 is 0. The van der Waals surface area contributed by atoms with Gasteiger partial charge < -0.3 is 19.7 Å². The summed E-state index contributed by atoms with van der Waals surface area (Å²) < 4.78 is 11.0. The molecule has 0 radical (unpaired) electrons. The average molecular weight is 382 g/mol. The number of benzene rings is 2. The van der Waals surface area contributed by atoms with Gasteiger partial charge in [0, 0.05) is 23.9 Å². The van der Waals surface area contributed by atoms with Gasteiger partial charge in [0.05, 0.1) is 0 Å². The number of nitrogens with zero attached hydrogens (tertiary/aromatic N) is 1. The zero-order valence-corrected chi connectivity index (χ0v) is 16.4. The number of carbonyl (C=O) groups is 2. The molecule has 0 saturated heterocycles. The van der Waals surface area contributed by atoms with Crippen LogP contribution in [0.1, 0.15) is 36.2 Å². The van der Waals surface area contributed by atoms with Crippen molar-refractivity contribution >= 4 is 17.5 Å². The first-order chi connectivity index (χ1) is 13.6. The molecule has 0 atom stereocenters. The highest BCUT2D eigenvalue weighted by atomic mass is 16.6. The van der Waals surface area contributed by atoms with Crippen LogP contribution in [-0.2, 0) is 11.2 Å². The monoisotopic (exact) mass is 382 g/mol. The number of ether oxygens (including phenoxy) is 2. The van der Waals surface area contributed by atoms with E-state index in [0.29, 0.717) is 42.5 Å². The molecule has 0 aliphatic carbocycles. The number of hydrogen-bond acceptors (Lipinski definition) is 4. The molecule has 0 unspecified atom stereocenters. The number of fused-ring (bicyclic) bond motifs is 1. The van der Waals surface area contributed by atoms with Crippen LogP contribution in [0.25, 0.3) is 0 Å². The molecule has 1 N–H and O–H groups in total. The van der Waals surface area contributed by atoms with Crippen LogP contribution in [0.2, 0.25) is 0 Å². The summed E-state index contributed by atoms with van der Waals surface area (Å²) in [4.78, 5) is 26.7. The van der Waals surface area contributed by atoms with Gasteiger partial charge in [-0.25, -0.2) is 0 Å². The lowest BCUT2D eigenvalue weighted by molar-refractivity contribution is -0.116. The molecule has 2 amide bonds. The van der Waals surface area contributed by atoms with Gasteiger partial charge in [-0.15, -0.1) is 0 Å². The Labute approximate surface area is 165 Å². The highest BCUT2D eigenvalue weighted by molar-refractivity contribution is 5.99. The van der Waals surface area contributed by atoms with Gasteiger partial charge in [-0.1, -0.05) is 25.5 Å². The van der Waals surface area contributed by atoms with E-state index in [1.54, 1.807) is 18.2 Å². The van der Waals surface area contributed by atoms with E-state index in [4.69, 9.17) is 9.47 Å². The number of aryl methyl sites for hydroxylation is 1. The van der Waals surface area contributed by atoms with Crippen LogP contribution in [0.4, 0.5) is 5.69 Å². The van der Waals surface area contributed by atoms with Crippen molar-refractivity contribution in [2.24, 2.45) is 0 Å². The summed E-state index contributed by atoms with van der Waals surface area (Å²) in [5.41, 5.74) is 2.41. The summed E-state index contributed by atoms with van der Waals surface area (Å²) in [5, 5.41) is 2.82. The lowest BCUT2D eigenvalue weighted by Gasteiger charge is -2.21. The number of hydrogen-bond donors (Lipinski definition) is 1. The maximum atomic E-state index is 12.7. The first-order valence-electron chi connectivity index (χ1n) is 9.68. The fourth-order valence-electron chi connectivity index (χ4n) is 3.11. The summed E-state index contributed by atoms with van der Waals surface area (Å²) in [5.74, 6) is 0.873. The maximum absolute atomic E-state index is 12.7. The van der Waals surface area contributed by atoms with E-state index in [0.717, 1.165) is 12.8 Å². The van der Waals surface area contributed by atoms with E-state index < -0.39 is 0 Å². The largest absolute Gasteiger partial charge is 0.486 e. The zero-order chi connectivity index (χ0) is 19.9. The van der Waals surface area contributed by atoms with Crippen LogP contribution in [0.5, 0.6) is 11.5 Å². The van der Waals surface area contributed by atoms with E-state index in [2.05, 4.69) is 12.2 Å². The average Bonchev–Trinajstić information content (AvgIpc) is 2.72. The Balaban J connectivity index is 1.61. The SMILES string of the molecule is CCCc1ccc(C(=O)N(CC)CC(=O)Nc2ccc3c(c2)OCCO3)cc1. The third-order valence-electron chi connectivity index (χ3n) is 4.57. The zero-order valence-electron chi connectivity index (χ0n) is 16.4. The Morgan fingerprint density at radius 3 is 2.39 bits per heavy atom. The number of likely N-dealkylation sites (N-methyl/N-ethyl adjacent to an activating group) is 1. The van der Waals surface area contributed by atoms with Crippen molar-refractivity contribution in [1.82, 2.24) is 4.90 Å². The van der Waals surface area contributed by atoms with Crippen LogP contribution in [-0.4, -0.2) is 43.0 Å². The molecular formula is C22H26N2O4. The molecule has 1 aliphatic rings. The smallest absolute Gasteiger partial charge is 0.254 e. The van der Waals surface area contributed by atoms with Crippen LogP contribution < -0.4 is 14.8 Å². The Hall–Kier alpha value is -3.02. The molecular weight excluding hydrogens is 356 g/mol. The van der Waals surface area contributed by atoms with Gasteiger partial charge in [-0.2, -0.15) is 0 Å². The van der Waals surface area contributed by atoms with Gasteiger partial charge >= 0.3 is 0 Å². The molecule has 1 heterocycles. The summed E-state index contributed by atoms with van der Waals surface area (Å²) in [7, 11) is 0. The van der Waals surface area contributed by atoms with Crippen molar-refractivity contribution in [3.05, 3.63) is 53.6 Å². The Morgan fingerprint density at radius 1 is 1.00 bits per heavy atom. The molecule has 6 heteroatoms. The lowest BCUT2D eigenvalue weighted by Crippen LogP contribution is -2.37. The molecule has 0 aromatic heterocycles. The van der Waals surface area contributed by atoms with Crippen LogP contribution in [0.3, 0.4) is 0 Å². The minimum Gasteiger partial charge on any atom is -0.486 e. The normalized spacial score (nSPS) is 12.4. The molecule has 0 spiro atoms. The molecule has 2 aromatic carbocycles. The molecule has 148 valence electrons. The Kier molecular flexibility index (Phi) is 6.53. The summed E-state index contributed by atoms with van der Waals surface area (Å²) in [6.45, 7) is 5.43. The first kappa shape index (κ1) is 19.7. The standard InChI is InChI=1S/C22H26N2O4/c1-3-5-16-6-8-17(9-7-16)22(26)24(4-2)15-21(25)23-18-10-11-19-20(14-18)28-13-12-27-19/h6-11,14H,3-5,12-13,15H2,1-2H3,(H,23,25). The predicted molar refractivity (Wildman–Crippen MR) is 108 cm³/mol. The molecule has 0 saturated carbocycles. The second kappa shape index (κ2) is 9.26. The van der Waals surface area contributed by atoms with Gasteiger partial charge in [-0.3, -0.25) is 9.59 Å². The number of rotatable bonds is 7. The topological polar surface area (TPSA) is 67.9 Å². The third kappa shape index (κ3) is 4.82. The summed E-state index contributed by atoms with van der Waals surface area (Å²) in [6.07, 6.45) is 2.05. The quantitative estimate of drug-likeness (QED) is 0.796. The number of anilines is 1. The lowest BCUT2D eigenvalue weighted by atomic mass is 10.1. The number of carbonyl (C=O) groups excluding carboxylic acids is 2. The predicted octanol–water partition coefficient (Wildman–Crippen LogP) is 3.51. The highest BCUT2D eigenvalue weighted by Gasteiger charge is 2.18. The fraction of sp³-hybridized carbons (Fsp3) is 0.364. The van der Waals surface area contributed by atoms with Crippen LogP contribution in [0, 0.1) is 0 Å². The van der Waals surface area contributed by atoms with Crippen molar-refractivity contribution < 1.29 is 19.1 Å². The van der Waals surface area contributed by atoms with E-state index in [1.807, 2.05) is 31.2 Å². The van der Waals surface area contributed by atoms with Gasteiger partial charge in [0.1, 0.15) is 19.8 Å². The molecule has 6 nitrogen and oxygen atoms in total. The number of amides is 2. The van der Waals surface area contributed by atoms with E-state index >= 15 is 0 Å². The Bertz CT molecular complexity index is 833. The second-order valence-electron chi connectivity index (χ2n) is 6.67. The first-order valence-corrected chi connectivity index (χ1v) is 9.68. The van der Waals surface area contributed by atoms with Gasteiger partial charge in [0.2, 0.25) is 5.91 Å². The molecule has 2 aromatic rings. The summed E-state index contributed by atoms with van der Waals surface area (Å²) in [6, 6.07) is 12.9. The van der Waals surface area contributed by atoms with Crippen molar-refractivity contribution in [1.29, 1.82) is 0 Å². The van der Waals surface area contributed by atoms with Crippen molar-refractivity contribution in [2.75, 3.05) is 31.6 Å². The molecule has 0 bridgehead atoms. The van der Waals surface area contributed by atoms with Crippen LogP contribution >= 0.6 is 0 Å².